The van der Waals surface area contributed by atoms with Crippen molar-refractivity contribution in [1.29, 1.82) is 5.41 Å². The van der Waals surface area contributed by atoms with Crippen LogP contribution in [0.2, 0.25) is 0 Å². The Bertz CT molecular complexity index is 195. The lowest BCUT2D eigenvalue weighted by Crippen LogP contribution is -2.37. The first-order valence-corrected chi connectivity index (χ1v) is 4.12. The lowest BCUT2D eigenvalue weighted by atomic mass is 10.1. The number of nitrogens with two attached hydrogens (primary N) is 1. The van der Waals surface area contributed by atoms with E-state index in [0.717, 1.165) is 24.9 Å². The van der Waals surface area contributed by atoms with Crippen LogP contribution in [-0.4, -0.2) is 23.9 Å². The van der Waals surface area contributed by atoms with Crippen LogP contribution in [0.4, 0.5) is 0 Å². The van der Waals surface area contributed by atoms with Gasteiger partial charge in [-0.15, -0.1) is 0 Å². The van der Waals surface area contributed by atoms with Crippen molar-refractivity contribution in [3.63, 3.8) is 0 Å². The molecule has 0 bridgehead atoms. The summed E-state index contributed by atoms with van der Waals surface area (Å²) >= 11 is 0. The van der Waals surface area contributed by atoms with Crippen molar-refractivity contribution in [1.82, 2.24) is 4.90 Å². The van der Waals surface area contributed by atoms with E-state index in [1.807, 2.05) is 4.90 Å². The summed E-state index contributed by atoms with van der Waals surface area (Å²) in [6.45, 7) is 6.62. The van der Waals surface area contributed by atoms with E-state index >= 15 is 0 Å². The molecule has 0 aromatic rings. The number of hydrogen-bond donors (Lipinski definition) is 2. The van der Waals surface area contributed by atoms with E-state index in [2.05, 4.69) is 13.8 Å². The first-order chi connectivity index (χ1) is 5.03. The fraction of sp³-hybridized carbons (Fsp3) is 0.875. The summed E-state index contributed by atoms with van der Waals surface area (Å²) in [7, 11) is 0. The molecule has 3 heteroatoms. The van der Waals surface area contributed by atoms with E-state index in [4.69, 9.17) is 11.1 Å². The maximum absolute atomic E-state index is 7.24. The van der Waals surface area contributed by atoms with Crippen molar-refractivity contribution in [3.05, 3.63) is 0 Å². The van der Waals surface area contributed by atoms with Crippen molar-refractivity contribution in [2.45, 2.75) is 13.8 Å². The molecule has 0 amide bonds. The standard InChI is InChI=1S/C8H15N3/c1-8(2)5-3-11(7(9)10)4-6(5)8/h5-6H,3-4H2,1-2H3,(H3,9,10)/t5-,6-/m0/s1. The maximum Gasteiger partial charge on any atom is 0.188 e. The minimum absolute atomic E-state index is 0.244. The SMILES string of the molecule is CC1(C)[C@H]2CN(C(=N)N)C[C@@H]21. The Kier molecular flexibility index (Phi) is 1.08. The second kappa shape index (κ2) is 1.71. The number of nitrogens with one attached hydrogen (secondary N) is 1. The highest BCUT2D eigenvalue weighted by Gasteiger charge is 2.62. The zero-order valence-corrected chi connectivity index (χ0v) is 7.09. The van der Waals surface area contributed by atoms with Crippen LogP contribution in [0.25, 0.3) is 0 Å². The Morgan fingerprint density at radius 3 is 2.27 bits per heavy atom. The maximum atomic E-state index is 7.24. The molecule has 1 aliphatic heterocycles. The number of likely N-dealkylation sites (tertiary alicyclic amines) is 1. The molecule has 0 aromatic heterocycles. The second-order valence-corrected chi connectivity index (χ2v) is 4.32. The van der Waals surface area contributed by atoms with E-state index in [9.17, 15) is 0 Å². The van der Waals surface area contributed by atoms with Crippen LogP contribution in [0.5, 0.6) is 0 Å². The van der Waals surface area contributed by atoms with Gasteiger partial charge in [0.2, 0.25) is 0 Å². The van der Waals surface area contributed by atoms with Crippen LogP contribution < -0.4 is 5.73 Å². The third-order valence-electron chi connectivity index (χ3n) is 3.46. The normalized spacial score (nSPS) is 38.5. The lowest BCUT2D eigenvalue weighted by Gasteiger charge is -2.21. The molecule has 2 aliphatic rings. The molecule has 0 aromatic carbocycles. The van der Waals surface area contributed by atoms with Crippen LogP contribution >= 0.6 is 0 Å². The zero-order valence-electron chi connectivity index (χ0n) is 7.09. The third kappa shape index (κ3) is 0.767. The van der Waals surface area contributed by atoms with E-state index in [1.165, 1.54) is 0 Å². The lowest BCUT2D eigenvalue weighted by molar-refractivity contribution is 0.358. The van der Waals surface area contributed by atoms with E-state index in [0.29, 0.717) is 5.41 Å². The Labute approximate surface area is 67.1 Å². The minimum atomic E-state index is 0.244. The van der Waals surface area contributed by atoms with Crippen LogP contribution in [-0.2, 0) is 0 Å². The van der Waals surface area contributed by atoms with Gasteiger partial charge in [0.15, 0.2) is 5.96 Å². The molecule has 3 N–H and O–H groups in total. The number of nitrogens with zero attached hydrogens (tertiary/aromatic N) is 1. The number of guanidine groups is 1. The Balaban J connectivity index is 2.00. The van der Waals surface area contributed by atoms with Gasteiger partial charge in [0, 0.05) is 13.1 Å². The fourth-order valence-electron chi connectivity index (χ4n) is 2.33. The van der Waals surface area contributed by atoms with Crippen LogP contribution in [0, 0.1) is 22.7 Å². The van der Waals surface area contributed by atoms with Crippen LogP contribution in [0.15, 0.2) is 0 Å². The Hall–Kier alpha value is -0.730. The number of fused-ring (bicyclic) bond motifs is 1. The number of rotatable bonds is 0. The average Bonchev–Trinajstić information content (AvgIpc) is 2.28. The van der Waals surface area contributed by atoms with Crippen molar-refractivity contribution < 1.29 is 0 Å². The highest BCUT2D eigenvalue weighted by Crippen LogP contribution is 2.61. The molecule has 62 valence electrons. The molecular formula is C8H15N3. The summed E-state index contributed by atoms with van der Waals surface area (Å²) in [4.78, 5) is 1.97. The molecule has 3 nitrogen and oxygen atoms in total. The van der Waals surface area contributed by atoms with E-state index < -0.39 is 0 Å². The largest absolute Gasteiger partial charge is 0.370 e. The number of hydrogen-bond acceptors (Lipinski definition) is 1. The molecule has 1 saturated carbocycles. The van der Waals surface area contributed by atoms with Gasteiger partial charge in [-0.25, -0.2) is 0 Å². The first-order valence-electron chi connectivity index (χ1n) is 4.12. The van der Waals surface area contributed by atoms with Gasteiger partial charge in [0.25, 0.3) is 0 Å². The Morgan fingerprint density at radius 1 is 1.45 bits per heavy atom. The molecule has 0 radical (unpaired) electrons. The summed E-state index contributed by atoms with van der Waals surface area (Å²) in [5.41, 5.74) is 5.91. The van der Waals surface area contributed by atoms with E-state index in [1.54, 1.807) is 0 Å². The summed E-state index contributed by atoms with van der Waals surface area (Å²) in [6.07, 6.45) is 0. The van der Waals surface area contributed by atoms with Crippen LogP contribution in [0.1, 0.15) is 13.8 Å². The van der Waals surface area contributed by atoms with Gasteiger partial charge >= 0.3 is 0 Å². The zero-order chi connectivity index (χ0) is 8.22. The summed E-state index contributed by atoms with van der Waals surface area (Å²) in [5, 5.41) is 7.24. The molecule has 1 saturated heterocycles. The van der Waals surface area contributed by atoms with Gasteiger partial charge in [0.1, 0.15) is 0 Å². The van der Waals surface area contributed by atoms with Gasteiger partial charge in [-0.1, -0.05) is 13.8 Å². The van der Waals surface area contributed by atoms with Crippen molar-refractivity contribution >= 4 is 5.96 Å². The van der Waals surface area contributed by atoms with E-state index in [-0.39, 0.29) is 5.96 Å². The van der Waals surface area contributed by atoms with Crippen LogP contribution in [0.3, 0.4) is 0 Å². The van der Waals surface area contributed by atoms with Gasteiger partial charge in [-0.2, -0.15) is 0 Å². The van der Waals surface area contributed by atoms with Gasteiger partial charge in [-0.3, -0.25) is 5.41 Å². The molecule has 2 rings (SSSR count). The highest BCUT2D eigenvalue weighted by molar-refractivity contribution is 5.75. The molecular weight excluding hydrogens is 138 g/mol. The molecule has 2 fully saturated rings. The van der Waals surface area contributed by atoms with Crippen molar-refractivity contribution in [2.75, 3.05) is 13.1 Å². The summed E-state index contributed by atoms with van der Waals surface area (Å²) < 4.78 is 0. The van der Waals surface area contributed by atoms with Crippen molar-refractivity contribution in [3.8, 4) is 0 Å². The topological polar surface area (TPSA) is 53.1 Å². The van der Waals surface area contributed by atoms with Gasteiger partial charge in [-0.05, 0) is 17.3 Å². The monoisotopic (exact) mass is 153 g/mol. The first kappa shape index (κ1) is 6.95. The quantitative estimate of drug-likeness (QED) is 0.392. The summed E-state index contributed by atoms with van der Waals surface area (Å²) in [5.74, 6) is 1.84. The second-order valence-electron chi connectivity index (χ2n) is 4.32. The highest BCUT2D eigenvalue weighted by atomic mass is 15.3. The summed E-state index contributed by atoms with van der Waals surface area (Å²) in [6, 6.07) is 0. The smallest absolute Gasteiger partial charge is 0.188 e. The molecule has 1 aliphatic carbocycles. The molecule has 0 spiro atoms. The molecule has 11 heavy (non-hydrogen) atoms. The van der Waals surface area contributed by atoms with Crippen molar-refractivity contribution in [2.24, 2.45) is 23.0 Å². The Morgan fingerprint density at radius 2 is 1.91 bits per heavy atom. The van der Waals surface area contributed by atoms with Gasteiger partial charge in [0.05, 0.1) is 0 Å². The molecule has 1 heterocycles. The minimum Gasteiger partial charge on any atom is -0.370 e. The third-order valence-corrected chi connectivity index (χ3v) is 3.46. The predicted molar refractivity (Wildman–Crippen MR) is 44.2 cm³/mol. The number of piperidine rings is 1. The fourth-order valence-corrected chi connectivity index (χ4v) is 2.33. The average molecular weight is 153 g/mol. The van der Waals surface area contributed by atoms with Gasteiger partial charge < -0.3 is 10.6 Å². The predicted octanol–water partition coefficient (Wildman–Crippen LogP) is 0.468. The molecule has 0 unspecified atom stereocenters. The molecule has 2 atom stereocenters.